The van der Waals surface area contributed by atoms with Crippen LogP contribution in [0.5, 0.6) is 0 Å². The minimum absolute atomic E-state index is 0.0133. The Balaban J connectivity index is 1.61. The number of benzene rings is 2. The second kappa shape index (κ2) is 8.38. The first-order valence-corrected chi connectivity index (χ1v) is 9.69. The lowest BCUT2D eigenvalue weighted by Gasteiger charge is -2.24. The quantitative estimate of drug-likeness (QED) is 0.875. The molecule has 2 aromatic rings. The Bertz CT molecular complexity index is 811. The van der Waals surface area contributed by atoms with Gasteiger partial charge in [-0.2, -0.15) is 0 Å². The topological polar surface area (TPSA) is 49.4 Å². The average Bonchev–Trinajstić information content (AvgIpc) is 2.70. The fourth-order valence-electron chi connectivity index (χ4n) is 3.54. The van der Waals surface area contributed by atoms with Crippen molar-refractivity contribution in [3.05, 3.63) is 70.8 Å². The summed E-state index contributed by atoms with van der Waals surface area (Å²) < 4.78 is 0. The standard InChI is InChI=1S/C23H28N2O2/c1-16(2)25(3)23(27)19-13-11-17(12-14-19)15-24-22(26)21-10-6-8-18-7-4-5-9-20(18)21/h4-5,7,9,11-14,16,21H,6,8,10,15H2,1-3H3,(H,24,26). The molecule has 4 nitrogen and oxygen atoms in total. The van der Waals surface area contributed by atoms with E-state index in [1.54, 1.807) is 4.90 Å². The van der Waals surface area contributed by atoms with Crippen molar-refractivity contribution in [1.82, 2.24) is 10.2 Å². The molecule has 2 aromatic carbocycles. The maximum absolute atomic E-state index is 12.7. The van der Waals surface area contributed by atoms with Crippen molar-refractivity contribution in [2.24, 2.45) is 0 Å². The van der Waals surface area contributed by atoms with Crippen LogP contribution in [-0.4, -0.2) is 29.8 Å². The number of fused-ring (bicyclic) bond motifs is 1. The van der Waals surface area contributed by atoms with Gasteiger partial charge in [0.25, 0.3) is 5.91 Å². The molecule has 142 valence electrons. The Labute approximate surface area is 161 Å². The first kappa shape index (κ1) is 19.2. The van der Waals surface area contributed by atoms with Crippen LogP contribution in [0.4, 0.5) is 0 Å². The molecule has 27 heavy (non-hydrogen) atoms. The maximum atomic E-state index is 12.7. The number of hydrogen-bond acceptors (Lipinski definition) is 2. The zero-order chi connectivity index (χ0) is 19.4. The number of nitrogens with one attached hydrogen (secondary N) is 1. The van der Waals surface area contributed by atoms with Crippen LogP contribution in [0.1, 0.15) is 59.7 Å². The van der Waals surface area contributed by atoms with Crippen molar-refractivity contribution in [2.45, 2.75) is 51.6 Å². The molecule has 1 atom stereocenters. The van der Waals surface area contributed by atoms with Gasteiger partial charge in [-0.05, 0) is 61.9 Å². The number of hydrogen-bond donors (Lipinski definition) is 1. The molecule has 2 amide bonds. The van der Waals surface area contributed by atoms with Gasteiger partial charge in [0, 0.05) is 25.2 Å². The monoisotopic (exact) mass is 364 g/mol. The van der Waals surface area contributed by atoms with Crippen LogP contribution < -0.4 is 5.32 Å². The molecule has 1 N–H and O–H groups in total. The van der Waals surface area contributed by atoms with Crippen LogP contribution in [-0.2, 0) is 17.8 Å². The van der Waals surface area contributed by atoms with Crippen LogP contribution in [0.3, 0.4) is 0 Å². The molecule has 0 saturated heterocycles. The highest BCUT2D eigenvalue weighted by molar-refractivity contribution is 5.94. The Morgan fingerprint density at radius 1 is 1.11 bits per heavy atom. The van der Waals surface area contributed by atoms with Crippen molar-refractivity contribution in [1.29, 1.82) is 0 Å². The first-order valence-electron chi connectivity index (χ1n) is 9.69. The van der Waals surface area contributed by atoms with Gasteiger partial charge in [-0.1, -0.05) is 36.4 Å². The van der Waals surface area contributed by atoms with Gasteiger partial charge >= 0.3 is 0 Å². The van der Waals surface area contributed by atoms with Crippen molar-refractivity contribution in [3.8, 4) is 0 Å². The summed E-state index contributed by atoms with van der Waals surface area (Å²) in [4.78, 5) is 26.8. The minimum Gasteiger partial charge on any atom is -0.351 e. The second-order valence-electron chi connectivity index (χ2n) is 7.57. The molecule has 0 heterocycles. The molecule has 0 fully saturated rings. The molecule has 0 aromatic heterocycles. The molecule has 3 rings (SSSR count). The molecule has 1 unspecified atom stereocenters. The molecular weight excluding hydrogens is 336 g/mol. The van der Waals surface area contributed by atoms with Crippen LogP contribution in [0.25, 0.3) is 0 Å². The Morgan fingerprint density at radius 2 is 1.81 bits per heavy atom. The second-order valence-corrected chi connectivity index (χ2v) is 7.57. The van der Waals surface area contributed by atoms with E-state index in [0.29, 0.717) is 12.1 Å². The highest BCUT2D eigenvalue weighted by atomic mass is 16.2. The summed E-state index contributed by atoms with van der Waals surface area (Å²) in [5, 5.41) is 3.06. The molecular formula is C23H28N2O2. The van der Waals surface area contributed by atoms with E-state index in [0.717, 1.165) is 24.8 Å². The van der Waals surface area contributed by atoms with E-state index in [4.69, 9.17) is 0 Å². The molecule has 0 saturated carbocycles. The summed E-state index contributed by atoms with van der Waals surface area (Å²) in [6, 6.07) is 15.9. The van der Waals surface area contributed by atoms with Gasteiger partial charge in [0.05, 0.1) is 5.92 Å². The number of carbonyl (C=O) groups is 2. The van der Waals surface area contributed by atoms with Crippen LogP contribution in [0.15, 0.2) is 48.5 Å². The third-order valence-electron chi connectivity index (χ3n) is 5.45. The summed E-state index contributed by atoms with van der Waals surface area (Å²) in [6.07, 6.45) is 3.01. The van der Waals surface area contributed by atoms with Crippen LogP contribution in [0, 0.1) is 0 Å². The lowest BCUT2D eigenvalue weighted by molar-refractivity contribution is -0.123. The zero-order valence-electron chi connectivity index (χ0n) is 16.4. The fraction of sp³-hybridized carbons (Fsp3) is 0.391. The molecule has 1 aliphatic carbocycles. The van der Waals surface area contributed by atoms with E-state index >= 15 is 0 Å². The summed E-state index contributed by atoms with van der Waals surface area (Å²) >= 11 is 0. The van der Waals surface area contributed by atoms with Crippen molar-refractivity contribution < 1.29 is 9.59 Å². The average molecular weight is 364 g/mol. The molecule has 0 spiro atoms. The summed E-state index contributed by atoms with van der Waals surface area (Å²) in [7, 11) is 1.81. The van der Waals surface area contributed by atoms with E-state index in [1.165, 1.54) is 11.1 Å². The number of aryl methyl sites for hydroxylation is 1. The lowest BCUT2D eigenvalue weighted by Crippen LogP contribution is -2.33. The molecule has 0 bridgehead atoms. The van der Waals surface area contributed by atoms with Crippen molar-refractivity contribution in [2.75, 3.05) is 7.05 Å². The zero-order valence-corrected chi connectivity index (χ0v) is 16.4. The van der Waals surface area contributed by atoms with Crippen LogP contribution >= 0.6 is 0 Å². The summed E-state index contributed by atoms with van der Waals surface area (Å²) in [5.41, 5.74) is 4.12. The van der Waals surface area contributed by atoms with Crippen LogP contribution in [0.2, 0.25) is 0 Å². The SMILES string of the molecule is CC(C)N(C)C(=O)c1ccc(CNC(=O)C2CCCc3ccccc32)cc1. The highest BCUT2D eigenvalue weighted by Gasteiger charge is 2.25. The number of nitrogens with zero attached hydrogens (tertiary/aromatic N) is 1. The van der Waals surface area contributed by atoms with Crippen molar-refractivity contribution >= 4 is 11.8 Å². The predicted octanol–water partition coefficient (Wildman–Crippen LogP) is 3.90. The first-order chi connectivity index (χ1) is 13.0. The third kappa shape index (κ3) is 4.38. The van der Waals surface area contributed by atoms with Gasteiger partial charge in [-0.25, -0.2) is 0 Å². The maximum Gasteiger partial charge on any atom is 0.253 e. The normalized spacial score (nSPS) is 15.9. The van der Waals surface area contributed by atoms with Gasteiger partial charge in [-0.3, -0.25) is 9.59 Å². The summed E-state index contributed by atoms with van der Waals surface area (Å²) in [6.45, 7) is 4.46. The third-order valence-corrected chi connectivity index (χ3v) is 5.45. The largest absolute Gasteiger partial charge is 0.351 e. The predicted molar refractivity (Wildman–Crippen MR) is 108 cm³/mol. The Hall–Kier alpha value is -2.62. The van der Waals surface area contributed by atoms with Gasteiger partial charge in [0.1, 0.15) is 0 Å². The van der Waals surface area contributed by atoms with Crippen molar-refractivity contribution in [3.63, 3.8) is 0 Å². The number of amides is 2. The van der Waals surface area contributed by atoms with Gasteiger partial charge in [0.2, 0.25) is 5.91 Å². The highest BCUT2D eigenvalue weighted by Crippen LogP contribution is 2.31. The minimum atomic E-state index is -0.0597. The fourth-order valence-corrected chi connectivity index (χ4v) is 3.54. The molecule has 0 aliphatic heterocycles. The molecule has 0 radical (unpaired) electrons. The van der Waals surface area contributed by atoms with E-state index in [-0.39, 0.29) is 23.8 Å². The number of rotatable bonds is 5. The van der Waals surface area contributed by atoms with E-state index in [9.17, 15) is 9.59 Å². The van der Waals surface area contributed by atoms with Gasteiger partial charge < -0.3 is 10.2 Å². The van der Waals surface area contributed by atoms with E-state index in [1.807, 2.05) is 57.3 Å². The molecule has 1 aliphatic rings. The summed E-state index contributed by atoms with van der Waals surface area (Å²) in [5.74, 6) is 0.0386. The smallest absolute Gasteiger partial charge is 0.253 e. The van der Waals surface area contributed by atoms with Gasteiger partial charge in [-0.15, -0.1) is 0 Å². The number of carbonyl (C=O) groups excluding carboxylic acids is 2. The van der Waals surface area contributed by atoms with E-state index < -0.39 is 0 Å². The Morgan fingerprint density at radius 3 is 2.52 bits per heavy atom. The molecule has 4 heteroatoms. The lowest BCUT2D eigenvalue weighted by atomic mass is 9.82. The van der Waals surface area contributed by atoms with E-state index in [2.05, 4.69) is 17.4 Å². The van der Waals surface area contributed by atoms with Gasteiger partial charge in [0.15, 0.2) is 0 Å². The Kier molecular flexibility index (Phi) is 5.94.